The zero-order valence-corrected chi connectivity index (χ0v) is 12.9. The number of nitrogens with zero attached hydrogens (tertiary/aromatic N) is 1. The molecule has 22 heavy (non-hydrogen) atoms. The number of ether oxygens (including phenoxy) is 1. The number of hydrogen-bond acceptors (Lipinski definition) is 4. The van der Waals surface area contributed by atoms with Crippen molar-refractivity contribution in [2.24, 2.45) is 0 Å². The highest BCUT2D eigenvalue weighted by molar-refractivity contribution is 5.80. The van der Waals surface area contributed by atoms with Crippen LogP contribution in [0.4, 0.5) is 0 Å². The maximum atomic E-state index is 11.9. The van der Waals surface area contributed by atoms with Gasteiger partial charge < -0.3 is 20.3 Å². The molecule has 1 aliphatic heterocycles. The summed E-state index contributed by atoms with van der Waals surface area (Å²) in [6.07, 6.45) is 0.667. The molecule has 0 saturated carbocycles. The minimum absolute atomic E-state index is 0.0710. The summed E-state index contributed by atoms with van der Waals surface area (Å²) in [5.74, 6) is 0.801. The molecule has 1 aromatic carbocycles. The van der Waals surface area contributed by atoms with Crippen molar-refractivity contribution in [2.75, 3.05) is 39.8 Å². The van der Waals surface area contributed by atoms with E-state index in [4.69, 9.17) is 4.74 Å². The molecule has 2 N–H and O–H groups in total. The Morgan fingerprint density at radius 3 is 2.55 bits per heavy atom. The van der Waals surface area contributed by atoms with E-state index in [2.05, 4.69) is 10.6 Å². The highest BCUT2D eigenvalue weighted by atomic mass is 16.5. The van der Waals surface area contributed by atoms with Crippen LogP contribution >= 0.6 is 0 Å². The topological polar surface area (TPSA) is 70.7 Å². The fraction of sp³-hybridized carbons (Fsp3) is 0.500. The van der Waals surface area contributed by atoms with Gasteiger partial charge in [0.2, 0.25) is 11.8 Å². The summed E-state index contributed by atoms with van der Waals surface area (Å²) < 4.78 is 5.08. The fourth-order valence-electron chi connectivity index (χ4n) is 2.37. The van der Waals surface area contributed by atoms with E-state index in [1.807, 2.05) is 29.2 Å². The number of hydrogen-bond donors (Lipinski definition) is 2. The normalized spacial score (nSPS) is 14.5. The SMILES string of the molecule is COc1ccc(CC(=O)NCCC(=O)N2CCNCC2)cc1. The van der Waals surface area contributed by atoms with E-state index in [1.165, 1.54) is 0 Å². The van der Waals surface area contributed by atoms with Crippen molar-refractivity contribution < 1.29 is 14.3 Å². The fourth-order valence-corrected chi connectivity index (χ4v) is 2.37. The van der Waals surface area contributed by atoms with Crippen molar-refractivity contribution in [1.82, 2.24) is 15.5 Å². The van der Waals surface area contributed by atoms with Crippen LogP contribution in [0.15, 0.2) is 24.3 Å². The van der Waals surface area contributed by atoms with Crippen LogP contribution in [0.5, 0.6) is 5.75 Å². The summed E-state index contributed by atoms with van der Waals surface area (Å²) in [4.78, 5) is 25.6. The first-order chi connectivity index (χ1) is 10.7. The first-order valence-corrected chi connectivity index (χ1v) is 7.57. The smallest absolute Gasteiger partial charge is 0.224 e. The van der Waals surface area contributed by atoms with E-state index in [0.29, 0.717) is 19.4 Å². The van der Waals surface area contributed by atoms with Gasteiger partial charge in [0.25, 0.3) is 0 Å². The van der Waals surface area contributed by atoms with Crippen molar-refractivity contribution in [2.45, 2.75) is 12.8 Å². The van der Waals surface area contributed by atoms with E-state index in [9.17, 15) is 9.59 Å². The summed E-state index contributed by atoms with van der Waals surface area (Å²) in [7, 11) is 1.61. The van der Waals surface area contributed by atoms with E-state index in [1.54, 1.807) is 7.11 Å². The van der Waals surface area contributed by atoms with Gasteiger partial charge in [0.15, 0.2) is 0 Å². The Balaban J connectivity index is 1.67. The molecule has 0 spiro atoms. The Kier molecular flexibility index (Phi) is 6.21. The number of carbonyl (C=O) groups excluding carboxylic acids is 2. The quantitative estimate of drug-likeness (QED) is 0.786. The number of nitrogens with one attached hydrogen (secondary N) is 2. The zero-order chi connectivity index (χ0) is 15.8. The predicted octanol–water partition coefficient (Wildman–Crippen LogP) is 0.176. The second kappa shape index (κ2) is 8.38. The van der Waals surface area contributed by atoms with Crippen LogP contribution in [0.2, 0.25) is 0 Å². The lowest BCUT2D eigenvalue weighted by Crippen LogP contribution is -2.47. The van der Waals surface area contributed by atoms with Crippen molar-refractivity contribution in [3.8, 4) is 5.75 Å². The molecular formula is C16H23N3O3. The van der Waals surface area contributed by atoms with Crippen LogP contribution in [-0.2, 0) is 16.0 Å². The Morgan fingerprint density at radius 2 is 1.91 bits per heavy atom. The van der Waals surface area contributed by atoms with Crippen LogP contribution < -0.4 is 15.4 Å². The Labute approximate surface area is 130 Å². The molecule has 2 rings (SSSR count). The Hall–Kier alpha value is -2.08. The van der Waals surface area contributed by atoms with Gasteiger partial charge in [0.1, 0.15) is 5.75 Å². The molecule has 1 heterocycles. The Morgan fingerprint density at radius 1 is 1.23 bits per heavy atom. The number of benzene rings is 1. The van der Waals surface area contributed by atoms with E-state index < -0.39 is 0 Å². The average molecular weight is 305 g/mol. The highest BCUT2D eigenvalue weighted by Crippen LogP contribution is 2.11. The molecule has 2 amide bonds. The maximum Gasteiger partial charge on any atom is 0.224 e. The van der Waals surface area contributed by atoms with Crippen LogP contribution in [0, 0.1) is 0 Å². The second-order valence-corrected chi connectivity index (χ2v) is 5.26. The number of carbonyl (C=O) groups is 2. The molecular weight excluding hydrogens is 282 g/mol. The van der Waals surface area contributed by atoms with Crippen molar-refractivity contribution in [1.29, 1.82) is 0 Å². The lowest BCUT2D eigenvalue weighted by atomic mass is 10.1. The first kappa shape index (κ1) is 16.3. The summed E-state index contributed by atoms with van der Waals surface area (Å²) in [5.41, 5.74) is 0.923. The molecule has 1 fully saturated rings. The van der Waals surface area contributed by atoms with Gasteiger partial charge in [-0.3, -0.25) is 9.59 Å². The number of amides is 2. The van der Waals surface area contributed by atoms with E-state index in [-0.39, 0.29) is 11.8 Å². The van der Waals surface area contributed by atoms with Crippen LogP contribution in [0.3, 0.4) is 0 Å². The summed E-state index contributed by atoms with van der Waals surface area (Å²) in [5, 5.41) is 6.00. The maximum absolute atomic E-state index is 11.9. The number of methoxy groups -OCH3 is 1. The molecule has 6 nitrogen and oxygen atoms in total. The molecule has 0 unspecified atom stereocenters. The number of piperazine rings is 1. The standard InChI is InChI=1S/C16H23N3O3/c1-22-14-4-2-13(3-5-14)12-15(20)18-7-6-16(21)19-10-8-17-9-11-19/h2-5,17H,6-12H2,1H3,(H,18,20). The molecule has 0 bridgehead atoms. The minimum atomic E-state index is -0.0710. The van der Waals surface area contributed by atoms with Gasteiger partial charge in [-0.15, -0.1) is 0 Å². The molecule has 1 aliphatic rings. The van der Waals surface area contributed by atoms with Gasteiger partial charge >= 0.3 is 0 Å². The largest absolute Gasteiger partial charge is 0.497 e. The van der Waals surface area contributed by atoms with Crippen molar-refractivity contribution >= 4 is 11.8 Å². The summed E-state index contributed by atoms with van der Waals surface area (Å²) >= 11 is 0. The predicted molar refractivity (Wildman–Crippen MR) is 83.8 cm³/mol. The van der Waals surface area contributed by atoms with Crippen molar-refractivity contribution in [3.05, 3.63) is 29.8 Å². The molecule has 0 aromatic heterocycles. The van der Waals surface area contributed by atoms with E-state index >= 15 is 0 Å². The van der Waals surface area contributed by atoms with Gasteiger partial charge in [0, 0.05) is 39.1 Å². The summed E-state index contributed by atoms with van der Waals surface area (Å²) in [6.45, 7) is 3.57. The van der Waals surface area contributed by atoms with Crippen LogP contribution in [-0.4, -0.2) is 56.5 Å². The molecule has 1 aromatic rings. The molecule has 0 radical (unpaired) electrons. The minimum Gasteiger partial charge on any atom is -0.497 e. The molecule has 6 heteroatoms. The van der Waals surface area contributed by atoms with Crippen LogP contribution in [0.25, 0.3) is 0 Å². The molecule has 1 saturated heterocycles. The lowest BCUT2D eigenvalue weighted by Gasteiger charge is -2.27. The van der Waals surface area contributed by atoms with E-state index in [0.717, 1.165) is 37.5 Å². The van der Waals surface area contributed by atoms with Gasteiger partial charge in [0.05, 0.1) is 13.5 Å². The van der Waals surface area contributed by atoms with Gasteiger partial charge in [-0.25, -0.2) is 0 Å². The summed E-state index contributed by atoms with van der Waals surface area (Å²) in [6, 6.07) is 7.39. The molecule has 0 aliphatic carbocycles. The second-order valence-electron chi connectivity index (χ2n) is 5.26. The van der Waals surface area contributed by atoms with Gasteiger partial charge in [-0.2, -0.15) is 0 Å². The third kappa shape index (κ3) is 5.04. The third-order valence-corrected chi connectivity index (χ3v) is 3.65. The average Bonchev–Trinajstić information content (AvgIpc) is 2.56. The Bertz CT molecular complexity index is 496. The molecule has 0 atom stereocenters. The number of rotatable bonds is 6. The van der Waals surface area contributed by atoms with Crippen molar-refractivity contribution in [3.63, 3.8) is 0 Å². The highest BCUT2D eigenvalue weighted by Gasteiger charge is 2.15. The monoisotopic (exact) mass is 305 g/mol. The first-order valence-electron chi connectivity index (χ1n) is 7.57. The van der Waals surface area contributed by atoms with Gasteiger partial charge in [-0.1, -0.05) is 12.1 Å². The zero-order valence-electron chi connectivity index (χ0n) is 12.9. The van der Waals surface area contributed by atoms with Gasteiger partial charge in [-0.05, 0) is 17.7 Å². The molecule has 120 valence electrons. The third-order valence-electron chi connectivity index (χ3n) is 3.65. The lowest BCUT2D eigenvalue weighted by molar-refractivity contribution is -0.131. The van der Waals surface area contributed by atoms with Crippen LogP contribution in [0.1, 0.15) is 12.0 Å².